The highest BCUT2D eigenvalue weighted by molar-refractivity contribution is 5.93. The van der Waals surface area contributed by atoms with Crippen LogP contribution in [0.5, 0.6) is 0 Å². The molecule has 0 aromatic heterocycles. The Morgan fingerprint density at radius 3 is 2.05 bits per heavy atom. The summed E-state index contributed by atoms with van der Waals surface area (Å²) in [4.78, 5) is 42.9. The topological polar surface area (TPSA) is 87.7 Å². The van der Waals surface area contributed by atoms with Crippen molar-refractivity contribution in [2.45, 2.75) is 104 Å². The van der Waals surface area contributed by atoms with E-state index < -0.39 is 35.2 Å². The van der Waals surface area contributed by atoms with Crippen molar-refractivity contribution in [3.8, 4) is 12.3 Å². The van der Waals surface area contributed by atoms with E-state index >= 15 is 0 Å². The molecule has 2 N–H and O–H groups in total. The second kappa shape index (κ2) is 14.0. The van der Waals surface area contributed by atoms with Gasteiger partial charge in [-0.1, -0.05) is 61.7 Å². The molecular formula is C33H45N3O4. The lowest BCUT2D eigenvalue weighted by Gasteiger charge is -2.43. The zero-order valence-corrected chi connectivity index (χ0v) is 25.2. The Morgan fingerprint density at radius 1 is 0.950 bits per heavy atom. The van der Waals surface area contributed by atoms with E-state index in [2.05, 4.69) is 23.5 Å². The van der Waals surface area contributed by atoms with Gasteiger partial charge in [0.25, 0.3) is 0 Å². The third-order valence-electron chi connectivity index (χ3n) is 6.24. The molecule has 3 atom stereocenters. The first-order chi connectivity index (χ1) is 18.7. The summed E-state index contributed by atoms with van der Waals surface area (Å²) in [6.45, 7) is 14.9. The van der Waals surface area contributed by atoms with E-state index in [4.69, 9.17) is 11.2 Å². The van der Waals surface area contributed by atoms with Gasteiger partial charge in [0.15, 0.2) is 0 Å². The lowest BCUT2D eigenvalue weighted by molar-refractivity contribution is -0.148. The third kappa shape index (κ3) is 9.75. The molecule has 0 spiro atoms. The van der Waals surface area contributed by atoms with Crippen LogP contribution in [0.4, 0.5) is 4.79 Å². The number of carbonyl (C=O) groups excluding carboxylic acids is 3. The fraction of sp³-hybridized carbons (Fsp3) is 0.485. The van der Waals surface area contributed by atoms with Gasteiger partial charge in [0.05, 0.1) is 0 Å². The Balaban J connectivity index is 2.61. The first kappa shape index (κ1) is 32.4. The van der Waals surface area contributed by atoms with Crippen LogP contribution in [0.3, 0.4) is 0 Å². The molecule has 0 fully saturated rings. The summed E-state index contributed by atoms with van der Waals surface area (Å²) in [5.74, 6) is 1.90. The predicted molar refractivity (Wildman–Crippen MR) is 160 cm³/mol. The molecule has 2 rings (SSSR count). The maximum Gasteiger partial charge on any atom is 0.408 e. The average Bonchev–Trinajstić information content (AvgIpc) is 2.85. The van der Waals surface area contributed by atoms with Crippen molar-refractivity contribution in [1.29, 1.82) is 0 Å². The summed E-state index contributed by atoms with van der Waals surface area (Å²) < 4.78 is 5.50. The number of nitrogens with zero attached hydrogens (tertiary/aromatic N) is 1. The van der Waals surface area contributed by atoms with Gasteiger partial charge in [0.2, 0.25) is 11.8 Å². The lowest BCUT2D eigenvalue weighted by atomic mass is 9.93. The van der Waals surface area contributed by atoms with Gasteiger partial charge >= 0.3 is 6.09 Å². The van der Waals surface area contributed by atoms with Gasteiger partial charge in [-0.05, 0) is 78.1 Å². The van der Waals surface area contributed by atoms with Crippen molar-refractivity contribution in [3.05, 3.63) is 71.3 Å². The monoisotopic (exact) mass is 547 g/mol. The van der Waals surface area contributed by atoms with E-state index in [0.717, 1.165) is 18.4 Å². The van der Waals surface area contributed by atoms with E-state index in [1.807, 2.05) is 58.0 Å². The zero-order chi connectivity index (χ0) is 30.1. The zero-order valence-electron chi connectivity index (χ0n) is 25.2. The van der Waals surface area contributed by atoms with E-state index in [-0.39, 0.29) is 18.4 Å². The number of terminal acetylenes is 1. The van der Waals surface area contributed by atoms with Crippen LogP contribution in [0.25, 0.3) is 0 Å². The first-order valence-electron chi connectivity index (χ1n) is 13.9. The Kier molecular flexibility index (Phi) is 11.4. The third-order valence-corrected chi connectivity index (χ3v) is 6.24. The summed E-state index contributed by atoms with van der Waals surface area (Å²) in [5.41, 5.74) is 0.623. The van der Waals surface area contributed by atoms with Gasteiger partial charge < -0.3 is 20.3 Å². The van der Waals surface area contributed by atoms with E-state index in [9.17, 15) is 14.4 Å². The van der Waals surface area contributed by atoms with Gasteiger partial charge in [-0.25, -0.2) is 4.79 Å². The molecule has 7 nitrogen and oxygen atoms in total. The molecular weight excluding hydrogens is 502 g/mol. The van der Waals surface area contributed by atoms with Crippen molar-refractivity contribution in [3.63, 3.8) is 0 Å². The smallest absolute Gasteiger partial charge is 0.408 e. The molecule has 3 amide bonds. The van der Waals surface area contributed by atoms with Crippen LogP contribution in [0.2, 0.25) is 0 Å². The van der Waals surface area contributed by atoms with E-state index in [0.29, 0.717) is 11.1 Å². The molecule has 0 radical (unpaired) electrons. The standard InChI is InChI=1S/C33H45N3O4/c1-10-15-23(3)34-29(37)28(26-20-18-24(11-2)19-21-26)36(32(4,5)6)30(38)27(22-25-16-13-12-14-17-25)35-31(39)40-33(7,8)9/h2,12-14,16-21,23,27-28H,10,15,22H2,1,3-9H3,(H,34,37)(H,35,39). The quantitative estimate of drug-likeness (QED) is 0.369. The molecule has 7 heteroatoms. The fourth-order valence-corrected chi connectivity index (χ4v) is 4.52. The molecule has 0 aliphatic heterocycles. The molecule has 0 saturated heterocycles. The van der Waals surface area contributed by atoms with E-state index in [1.165, 1.54) is 0 Å². The Morgan fingerprint density at radius 2 is 1.55 bits per heavy atom. The molecule has 2 aromatic carbocycles. The molecule has 0 bridgehead atoms. The van der Waals surface area contributed by atoms with Crippen LogP contribution in [-0.4, -0.2) is 46.0 Å². The number of rotatable bonds is 10. The number of benzene rings is 2. The minimum Gasteiger partial charge on any atom is -0.444 e. The van der Waals surface area contributed by atoms with Gasteiger partial charge in [-0.3, -0.25) is 9.59 Å². The van der Waals surface area contributed by atoms with Gasteiger partial charge in [-0.2, -0.15) is 0 Å². The molecule has 0 aliphatic rings. The normalized spacial score (nSPS) is 13.8. The first-order valence-corrected chi connectivity index (χ1v) is 13.9. The van der Waals surface area contributed by atoms with Crippen LogP contribution in [-0.2, 0) is 20.7 Å². The number of hydrogen-bond donors (Lipinski definition) is 2. The van der Waals surface area contributed by atoms with Crippen molar-refractivity contribution in [2.75, 3.05) is 0 Å². The predicted octanol–water partition coefficient (Wildman–Crippen LogP) is 5.78. The molecule has 3 unspecified atom stereocenters. The van der Waals surface area contributed by atoms with Crippen LogP contribution in [0.1, 0.15) is 91.0 Å². The maximum absolute atomic E-state index is 14.5. The summed E-state index contributed by atoms with van der Waals surface area (Å²) in [6.07, 6.45) is 6.80. The van der Waals surface area contributed by atoms with E-state index in [1.54, 1.807) is 49.9 Å². The molecule has 40 heavy (non-hydrogen) atoms. The second-order valence-electron chi connectivity index (χ2n) is 12.1. The maximum atomic E-state index is 14.5. The lowest BCUT2D eigenvalue weighted by Crippen LogP contribution is -2.59. The number of carbonyl (C=O) groups is 3. The number of alkyl carbamates (subject to hydrolysis) is 1. The molecule has 0 heterocycles. The number of amides is 3. The molecule has 2 aromatic rings. The van der Waals surface area contributed by atoms with Gasteiger partial charge in [0, 0.05) is 23.6 Å². The minimum atomic E-state index is -0.982. The Hall–Kier alpha value is -3.79. The van der Waals surface area contributed by atoms with Gasteiger partial charge in [-0.15, -0.1) is 6.42 Å². The highest BCUT2D eigenvalue weighted by Gasteiger charge is 2.42. The molecule has 216 valence electrons. The summed E-state index contributed by atoms with van der Waals surface area (Å²) in [7, 11) is 0. The van der Waals surface area contributed by atoms with Crippen LogP contribution < -0.4 is 10.6 Å². The van der Waals surface area contributed by atoms with Gasteiger partial charge in [0.1, 0.15) is 17.7 Å². The number of nitrogens with one attached hydrogen (secondary N) is 2. The highest BCUT2D eigenvalue weighted by atomic mass is 16.6. The highest BCUT2D eigenvalue weighted by Crippen LogP contribution is 2.31. The van der Waals surface area contributed by atoms with Crippen molar-refractivity contribution >= 4 is 17.9 Å². The number of hydrogen-bond acceptors (Lipinski definition) is 4. The van der Waals surface area contributed by atoms with Crippen LogP contribution in [0, 0.1) is 12.3 Å². The summed E-state index contributed by atoms with van der Waals surface area (Å²) >= 11 is 0. The van der Waals surface area contributed by atoms with Crippen LogP contribution >= 0.6 is 0 Å². The van der Waals surface area contributed by atoms with Crippen molar-refractivity contribution in [1.82, 2.24) is 15.5 Å². The summed E-state index contributed by atoms with van der Waals surface area (Å²) in [5, 5.41) is 5.88. The Labute approximate surface area is 240 Å². The number of ether oxygens (including phenoxy) is 1. The Bertz CT molecular complexity index is 1170. The fourth-order valence-electron chi connectivity index (χ4n) is 4.52. The second-order valence-corrected chi connectivity index (χ2v) is 12.1. The molecule has 0 saturated carbocycles. The van der Waals surface area contributed by atoms with Crippen molar-refractivity contribution in [2.24, 2.45) is 0 Å². The molecule has 0 aliphatic carbocycles. The van der Waals surface area contributed by atoms with Crippen LogP contribution in [0.15, 0.2) is 54.6 Å². The summed E-state index contributed by atoms with van der Waals surface area (Å²) in [6, 6.07) is 14.5. The van der Waals surface area contributed by atoms with Crippen molar-refractivity contribution < 1.29 is 19.1 Å². The average molecular weight is 548 g/mol. The SMILES string of the molecule is C#Cc1ccc(C(C(=O)NC(C)CCC)N(C(=O)C(Cc2ccccc2)NC(=O)OC(C)(C)C)C(C)(C)C)cc1. The largest absolute Gasteiger partial charge is 0.444 e. The minimum absolute atomic E-state index is 0.0816.